The van der Waals surface area contributed by atoms with Crippen molar-refractivity contribution in [3.8, 4) is 11.5 Å². The van der Waals surface area contributed by atoms with E-state index in [9.17, 15) is 0 Å². The molecule has 1 aromatic rings. The lowest BCUT2D eigenvalue weighted by Gasteiger charge is -2.17. The minimum atomic E-state index is -2.42. The van der Waals surface area contributed by atoms with E-state index in [-0.39, 0.29) is 13.2 Å². The highest BCUT2D eigenvalue weighted by molar-refractivity contribution is 7.39. The van der Waals surface area contributed by atoms with Gasteiger partial charge in [-0.1, -0.05) is 25.8 Å². The van der Waals surface area contributed by atoms with Gasteiger partial charge in [0.15, 0.2) is 0 Å². The molecule has 0 amide bonds. The normalized spacial score (nSPS) is 13.8. The van der Waals surface area contributed by atoms with Crippen LogP contribution in [0.2, 0.25) is 0 Å². The number of benzene rings is 1. The van der Waals surface area contributed by atoms with Crippen LogP contribution in [0.4, 0.5) is 0 Å². The Hall–Kier alpha value is -0.290. The molecule has 0 radical (unpaired) electrons. The van der Waals surface area contributed by atoms with E-state index in [2.05, 4.69) is 11.4 Å². The summed E-state index contributed by atoms with van der Waals surface area (Å²) in [6.07, 6.45) is 3.33. The van der Waals surface area contributed by atoms with Crippen LogP contribution in [0.5, 0.6) is 11.5 Å². The van der Waals surface area contributed by atoms with Crippen molar-refractivity contribution in [2.45, 2.75) is 36.9 Å². The quantitative estimate of drug-likeness (QED) is 0.323. The zero-order valence-corrected chi connectivity index (χ0v) is 15.4. The maximum atomic E-state index is 8.68. The van der Waals surface area contributed by atoms with Gasteiger partial charge in [-0.15, -0.1) is 23.2 Å². The van der Waals surface area contributed by atoms with Crippen molar-refractivity contribution in [3.05, 3.63) is 24.3 Å². The molecule has 8 heteroatoms. The molecule has 0 saturated carbocycles. The van der Waals surface area contributed by atoms with E-state index in [4.69, 9.17) is 42.5 Å². The molecule has 0 aliphatic rings. The molecular weight excluding hydrogens is 362 g/mol. The minimum Gasteiger partial charge on any atom is -0.493 e. The van der Waals surface area contributed by atoms with Gasteiger partial charge in [0.25, 0.3) is 0 Å². The molecule has 2 N–H and O–H groups in total. The highest BCUT2D eigenvalue weighted by atomic mass is 35.5. The van der Waals surface area contributed by atoms with E-state index in [1.165, 1.54) is 0 Å². The fourth-order valence-electron chi connectivity index (χ4n) is 1.72. The largest absolute Gasteiger partial charge is 0.493 e. The van der Waals surface area contributed by atoms with Crippen molar-refractivity contribution in [2.75, 3.05) is 19.8 Å². The van der Waals surface area contributed by atoms with Crippen LogP contribution in [0.1, 0.15) is 26.2 Å². The Bertz CT molecular complexity index is 436. The molecule has 1 rings (SSSR count). The third-order valence-corrected chi connectivity index (χ3v) is 4.34. The van der Waals surface area contributed by atoms with E-state index in [0.717, 1.165) is 25.0 Å². The predicted octanol–water partition coefficient (Wildman–Crippen LogP) is 4.08. The van der Waals surface area contributed by atoms with Crippen molar-refractivity contribution in [1.82, 2.24) is 0 Å². The van der Waals surface area contributed by atoms with Gasteiger partial charge in [0.05, 0.1) is 24.0 Å². The van der Waals surface area contributed by atoms with E-state index >= 15 is 0 Å². The summed E-state index contributed by atoms with van der Waals surface area (Å²) in [7, 11) is -2.42. The maximum Gasteiger partial charge on any atom is 0.327 e. The molecule has 0 aliphatic carbocycles. The minimum absolute atomic E-state index is 0.0572. The first-order chi connectivity index (χ1) is 11.0. The smallest absolute Gasteiger partial charge is 0.327 e. The number of rotatable bonds is 12. The number of hydrogen-bond donors (Lipinski definition) is 2. The Balaban J connectivity index is 2.36. The average molecular weight is 385 g/mol. The van der Waals surface area contributed by atoms with Gasteiger partial charge in [0, 0.05) is 6.07 Å². The first-order valence-corrected chi connectivity index (χ1v) is 9.51. The van der Waals surface area contributed by atoms with Gasteiger partial charge < -0.3 is 23.8 Å². The fourth-order valence-corrected chi connectivity index (χ4v) is 2.37. The average Bonchev–Trinajstić information content (AvgIpc) is 2.54. The van der Waals surface area contributed by atoms with Gasteiger partial charge in [0.2, 0.25) is 0 Å². The molecule has 0 aliphatic heterocycles. The van der Waals surface area contributed by atoms with Crippen LogP contribution in [0.15, 0.2) is 24.3 Å². The number of alkyl halides is 2. The van der Waals surface area contributed by atoms with Crippen LogP contribution in [-0.2, 0) is 4.52 Å². The molecule has 0 aromatic heterocycles. The van der Waals surface area contributed by atoms with Crippen LogP contribution in [0.3, 0.4) is 0 Å². The van der Waals surface area contributed by atoms with Gasteiger partial charge >= 0.3 is 8.60 Å². The van der Waals surface area contributed by atoms with Crippen LogP contribution in [0, 0.1) is 0 Å². The molecule has 2 atom stereocenters. The maximum absolute atomic E-state index is 8.68. The Morgan fingerprint density at radius 2 is 1.70 bits per heavy atom. The highest BCUT2D eigenvalue weighted by Gasteiger charge is 2.19. The van der Waals surface area contributed by atoms with Crippen LogP contribution >= 0.6 is 31.8 Å². The lowest BCUT2D eigenvalue weighted by atomic mass is 10.2. The van der Waals surface area contributed by atoms with E-state index in [1.807, 2.05) is 18.2 Å². The van der Waals surface area contributed by atoms with E-state index in [0.29, 0.717) is 12.4 Å². The second-order valence-corrected chi connectivity index (χ2v) is 6.81. The predicted molar refractivity (Wildman–Crippen MR) is 93.5 cm³/mol. The van der Waals surface area contributed by atoms with Crippen LogP contribution in [-0.4, -0.2) is 40.4 Å². The molecule has 132 valence electrons. The third-order valence-electron chi connectivity index (χ3n) is 2.97. The lowest BCUT2D eigenvalue weighted by Crippen LogP contribution is -2.26. The third kappa shape index (κ3) is 9.55. The lowest BCUT2D eigenvalue weighted by molar-refractivity contribution is 0.238. The number of ether oxygens (including phenoxy) is 2. The molecular formula is C15H23Cl2O5P. The second-order valence-electron chi connectivity index (χ2n) is 4.92. The molecule has 5 nitrogen and oxygen atoms in total. The molecule has 0 saturated heterocycles. The molecule has 0 spiro atoms. The molecule has 2 unspecified atom stereocenters. The summed E-state index contributed by atoms with van der Waals surface area (Å²) in [6.45, 7) is 2.95. The number of hydrogen-bond acceptors (Lipinski definition) is 5. The molecule has 0 heterocycles. The van der Waals surface area contributed by atoms with E-state index < -0.39 is 19.4 Å². The zero-order chi connectivity index (χ0) is 17.1. The fraction of sp³-hybridized carbons (Fsp3) is 0.600. The monoisotopic (exact) mass is 384 g/mol. The van der Waals surface area contributed by atoms with Gasteiger partial charge in [-0.2, -0.15) is 0 Å². The van der Waals surface area contributed by atoms with Crippen molar-refractivity contribution >= 4 is 31.8 Å². The SMILES string of the molecule is CCCCCOc1cccc(OCC(Cl)C(Cl)COP(O)O)c1. The first kappa shape index (κ1) is 20.8. The summed E-state index contributed by atoms with van der Waals surface area (Å²) < 4.78 is 15.9. The standard InChI is InChI=1S/C15H23Cl2O5P/c1-2-3-4-8-20-12-6-5-7-13(9-12)21-10-14(16)15(17)11-22-23(18)19/h5-7,9,14-15,18-19H,2-4,8,10-11H2,1H3. The Labute approximate surface area is 148 Å². The molecule has 0 fully saturated rings. The van der Waals surface area contributed by atoms with Gasteiger partial charge in [-0.25, -0.2) is 0 Å². The topological polar surface area (TPSA) is 68.2 Å². The van der Waals surface area contributed by atoms with Crippen molar-refractivity contribution in [1.29, 1.82) is 0 Å². The summed E-state index contributed by atoms with van der Waals surface area (Å²) in [5.41, 5.74) is 0. The Morgan fingerprint density at radius 3 is 2.35 bits per heavy atom. The number of unbranched alkanes of at least 4 members (excludes halogenated alkanes) is 2. The van der Waals surface area contributed by atoms with E-state index in [1.54, 1.807) is 6.07 Å². The first-order valence-electron chi connectivity index (χ1n) is 7.47. The van der Waals surface area contributed by atoms with Gasteiger partial charge in [-0.05, 0) is 18.6 Å². The van der Waals surface area contributed by atoms with Crippen molar-refractivity contribution in [2.24, 2.45) is 0 Å². The summed E-state index contributed by atoms with van der Waals surface area (Å²) >= 11 is 12.1. The summed E-state index contributed by atoms with van der Waals surface area (Å²) in [6, 6.07) is 7.33. The molecule has 1 aromatic carbocycles. The van der Waals surface area contributed by atoms with Crippen LogP contribution < -0.4 is 9.47 Å². The summed E-state index contributed by atoms with van der Waals surface area (Å²) in [5.74, 6) is 1.39. The molecule has 0 bridgehead atoms. The van der Waals surface area contributed by atoms with Gasteiger partial charge in [0.1, 0.15) is 18.1 Å². The Morgan fingerprint density at radius 1 is 1.04 bits per heavy atom. The zero-order valence-electron chi connectivity index (χ0n) is 13.0. The van der Waals surface area contributed by atoms with Gasteiger partial charge in [-0.3, -0.25) is 0 Å². The number of halogens is 2. The molecule has 23 heavy (non-hydrogen) atoms. The van der Waals surface area contributed by atoms with Crippen LogP contribution in [0.25, 0.3) is 0 Å². The second kappa shape index (κ2) is 12.1. The summed E-state index contributed by atoms with van der Waals surface area (Å²) in [5, 5.41) is -1.12. The van der Waals surface area contributed by atoms with Crippen molar-refractivity contribution in [3.63, 3.8) is 0 Å². The van der Waals surface area contributed by atoms with Crippen molar-refractivity contribution < 1.29 is 23.8 Å². The Kier molecular flexibility index (Phi) is 10.9. The summed E-state index contributed by atoms with van der Waals surface area (Å²) in [4.78, 5) is 17.4. The highest BCUT2D eigenvalue weighted by Crippen LogP contribution is 2.27.